The molecule has 2 heterocycles. The van der Waals surface area contributed by atoms with Crippen molar-refractivity contribution in [2.75, 3.05) is 11.9 Å². The van der Waals surface area contributed by atoms with Crippen molar-refractivity contribution in [1.29, 1.82) is 0 Å². The van der Waals surface area contributed by atoms with Crippen molar-refractivity contribution in [3.05, 3.63) is 36.8 Å². The van der Waals surface area contributed by atoms with Crippen LogP contribution in [-0.2, 0) is 0 Å². The molecule has 5 heteroatoms. The summed E-state index contributed by atoms with van der Waals surface area (Å²) in [6, 6.07) is 2.45. The first-order chi connectivity index (χ1) is 9.16. The van der Waals surface area contributed by atoms with Crippen LogP contribution in [0.1, 0.15) is 44.8 Å². The van der Waals surface area contributed by atoms with Crippen LogP contribution in [0.25, 0.3) is 0 Å². The summed E-state index contributed by atoms with van der Waals surface area (Å²) in [7, 11) is 0. The second-order valence-electron chi connectivity index (χ2n) is 5.06. The lowest BCUT2D eigenvalue weighted by molar-refractivity contribution is 0.519. The van der Waals surface area contributed by atoms with Crippen molar-refractivity contribution in [1.82, 2.24) is 19.5 Å². The van der Waals surface area contributed by atoms with Gasteiger partial charge >= 0.3 is 0 Å². The van der Waals surface area contributed by atoms with Gasteiger partial charge in [-0.2, -0.15) is 0 Å². The number of hydrogen-bond acceptors (Lipinski definition) is 4. The zero-order chi connectivity index (χ0) is 13.7. The number of aromatic nitrogens is 4. The highest BCUT2D eigenvalue weighted by molar-refractivity contribution is 5.35. The summed E-state index contributed by atoms with van der Waals surface area (Å²) in [6.07, 6.45) is 8.30. The van der Waals surface area contributed by atoms with Crippen molar-refractivity contribution in [3.63, 3.8) is 0 Å². The average molecular weight is 259 g/mol. The van der Waals surface area contributed by atoms with Gasteiger partial charge in [0.2, 0.25) is 0 Å². The van der Waals surface area contributed by atoms with Gasteiger partial charge in [-0.25, -0.2) is 15.0 Å². The van der Waals surface area contributed by atoms with Gasteiger partial charge in [0, 0.05) is 36.7 Å². The number of anilines is 1. The van der Waals surface area contributed by atoms with Crippen LogP contribution in [0, 0.1) is 0 Å². The van der Waals surface area contributed by atoms with Gasteiger partial charge in [-0.15, -0.1) is 0 Å². The fraction of sp³-hybridized carbons (Fsp3) is 0.500. The summed E-state index contributed by atoms with van der Waals surface area (Å²) >= 11 is 0. The van der Waals surface area contributed by atoms with Crippen molar-refractivity contribution in [3.8, 4) is 0 Å². The van der Waals surface area contributed by atoms with E-state index in [-0.39, 0.29) is 0 Å². The molecule has 0 aliphatic heterocycles. The molecule has 0 fully saturated rings. The summed E-state index contributed by atoms with van der Waals surface area (Å²) in [5, 5.41) is 3.35. The van der Waals surface area contributed by atoms with Gasteiger partial charge in [-0.1, -0.05) is 13.8 Å². The topological polar surface area (TPSA) is 55.6 Å². The minimum atomic E-state index is 0.424. The highest BCUT2D eigenvalue weighted by atomic mass is 15.1. The van der Waals surface area contributed by atoms with Crippen LogP contribution in [-0.4, -0.2) is 26.1 Å². The van der Waals surface area contributed by atoms with E-state index < -0.39 is 0 Å². The summed E-state index contributed by atoms with van der Waals surface area (Å²) in [5.74, 6) is 1.32. The molecular weight excluding hydrogens is 238 g/mol. The highest BCUT2D eigenvalue weighted by Crippen LogP contribution is 2.14. The van der Waals surface area contributed by atoms with Gasteiger partial charge in [-0.3, -0.25) is 0 Å². The third-order valence-corrected chi connectivity index (χ3v) is 3.18. The van der Waals surface area contributed by atoms with E-state index in [1.54, 1.807) is 6.33 Å². The summed E-state index contributed by atoms with van der Waals surface area (Å²) < 4.78 is 2.11. The molecule has 0 amide bonds. The maximum Gasteiger partial charge on any atom is 0.129 e. The Morgan fingerprint density at radius 3 is 2.79 bits per heavy atom. The number of nitrogens with one attached hydrogen (secondary N) is 1. The smallest absolute Gasteiger partial charge is 0.129 e. The molecule has 0 aliphatic rings. The molecule has 2 rings (SSSR count). The standard InChI is InChI=1S/C14H21N5/c1-11(2)13-8-14(18-9-17-13)16-5-4-12(3)19-7-6-15-10-19/h6-12H,4-5H2,1-3H3,(H,16,17,18). The first-order valence-electron chi connectivity index (χ1n) is 6.70. The van der Waals surface area contributed by atoms with Gasteiger partial charge in [0.05, 0.1) is 6.33 Å². The maximum atomic E-state index is 4.26. The predicted octanol–water partition coefficient (Wildman–Crippen LogP) is 2.86. The summed E-state index contributed by atoms with van der Waals surface area (Å²) in [6.45, 7) is 7.33. The Morgan fingerprint density at radius 2 is 2.11 bits per heavy atom. The van der Waals surface area contributed by atoms with Crippen LogP contribution in [0.2, 0.25) is 0 Å². The Morgan fingerprint density at radius 1 is 1.26 bits per heavy atom. The number of nitrogens with zero attached hydrogens (tertiary/aromatic N) is 4. The van der Waals surface area contributed by atoms with Gasteiger partial charge in [-0.05, 0) is 19.3 Å². The van der Waals surface area contributed by atoms with E-state index in [1.807, 2.05) is 24.8 Å². The van der Waals surface area contributed by atoms with Gasteiger partial charge in [0.25, 0.3) is 0 Å². The Balaban J connectivity index is 1.84. The molecule has 19 heavy (non-hydrogen) atoms. The second-order valence-corrected chi connectivity index (χ2v) is 5.06. The summed E-state index contributed by atoms with van der Waals surface area (Å²) in [5.41, 5.74) is 1.07. The monoisotopic (exact) mass is 259 g/mol. The van der Waals surface area contributed by atoms with E-state index in [9.17, 15) is 0 Å². The predicted molar refractivity (Wildman–Crippen MR) is 76.2 cm³/mol. The van der Waals surface area contributed by atoms with Gasteiger partial charge in [0.15, 0.2) is 0 Å². The quantitative estimate of drug-likeness (QED) is 0.866. The Hall–Kier alpha value is -1.91. The highest BCUT2D eigenvalue weighted by Gasteiger charge is 2.05. The van der Waals surface area contributed by atoms with Crippen LogP contribution in [0.4, 0.5) is 5.82 Å². The van der Waals surface area contributed by atoms with Crippen LogP contribution in [0.5, 0.6) is 0 Å². The van der Waals surface area contributed by atoms with Crippen molar-refractivity contribution < 1.29 is 0 Å². The molecule has 0 spiro atoms. The first kappa shape index (κ1) is 13.5. The average Bonchev–Trinajstić information content (AvgIpc) is 2.93. The Labute approximate surface area is 114 Å². The molecule has 0 aromatic carbocycles. The van der Waals surface area contributed by atoms with Crippen LogP contribution < -0.4 is 5.32 Å². The Kier molecular flexibility index (Phi) is 4.49. The van der Waals surface area contributed by atoms with Crippen molar-refractivity contribution in [2.24, 2.45) is 0 Å². The van der Waals surface area contributed by atoms with E-state index in [1.165, 1.54) is 0 Å². The minimum absolute atomic E-state index is 0.424. The molecule has 2 aromatic rings. The fourth-order valence-electron chi connectivity index (χ4n) is 1.87. The normalized spacial score (nSPS) is 12.6. The van der Waals surface area contributed by atoms with E-state index in [4.69, 9.17) is 0 Å². The number of imidazole rings is 1. The Bertz CT molecular complexity index is 492. The molecule has 0 aliphatic carbocycles. The third kappa shape index (κ3) is 3.77. The molecule has 0 bridgehead atoms. The molecule has 0 saturated heterocycles. The number of rotatable bonds is 6. The van der Waals surface area contributed by atoms with E-state index >= 15 is 0 Å². The van der Waals surface area contributed by atoms with Crippen molar-refractivity contribution >= 4 is 5.82 Å². The second kappa shape index (κ2) is 6.31. The first-order valence-corrected chi connectivity index (χ1v) is 6.70. The molecular formula is C14H21N5. The molecule has 0 radical (unpaired) electrons. The van der Waals surface area contributed by atoms with E-state index in [0.29, 0.717) is 12.0 Å². The van der Waals surface area contributed by atoms with E-state index in [2.05, 4.69) is 45.6 Å². The SMILES string of the molecule is CC(C)c1cc(NCCC(C)n2ccnc2)ncn1. The molecule has 1 N–H and O–H groups in total. The third-order valence-electron chi connectivity index (χ3n) is 3.18. The molecule has 1 atom stereocenters. The lowest BCUT2D eigenvalue weighted by Crippen LogP contribution is -2.11. The number of hydrogen-bond donors (Lipinski definition) is 1. The molecule has 102 valence electrons. The molecule has 2 aromatic heterocycles. The molecule has 1 unspecified atom stereocenters. The zero-order valence-corrected chi connectivity index (χ0v) is 11.7. The maximum absolute atomic E-state index is 4.26. The van der Waals surface area contributed by atoms with Crippen LogP contribution in [0.3, 0.4) is 0 Å². The van der Waals surface area contributed by atoms with Gasteiger partial charge < -0.3 is 9.88 Å². The summed E-state index contributed by atoms with van der Waals surface area (Å²) in [4.78, 5) is 12.6. The fourth-order valence-corrected chi connectivity index (χ4v) is 1.87. The van der Waals surface area contributed by atoms with Crippen molar-refractivity contribution in [2.45, 2.75) is 39.2 Å². The zero-order valence-electron chi connectivity index (χ0n) is 11.7. The molecule has 5 nitrogen and oxygen atoms in total. The lowest BCUT2D eigenvalue weighted by Gasteiger charge is -2.14. The lowest BCUT2D eigenvalue weighted by atomic mass is 10.1. The largest absolute Gasteiger partial charge is 0.370 e. The minimum Gasteiger partial charge on any atom is -0.370 e. The van der Waals surface area contributed by atoms with E-state index in [0.717, 1.165) is 24.5 Å². The van der Waals surface area contributed by atoms with Crippen LogP contribution in [0.15, 0.2) is 31.1 Å². The van der Waals surface area contributed by atoms with Gasteiger partial charge in [0.1, 0.15) is 12.1 Å². The molecule has 0 saturated carbocycles. The van der Waals surface area contributed by atoms with Crippen LogP contribution >= 0.6 is 0 Å².